The monoisotopic (exact) mass is 311 g/mol. The van der Waals surface area contributed by atoms with E-state index in [2.05, 4.69) is 45.9 Å². The minimum atomic E-state index is 0.925. The molecule has 0 radical (unpaired) electrons. The first-order valence-corrected chi connectivity index (χ1v) is 8.41. The SMILES string of the molecule is CCN(CC)CCCNc1ncc(C)c2[nH]c3ccncc3c12. The highest BCUT2D eigenvalue weighted by molar-refractivity contribution is 6.12. The lowest BCUT2D eigenvalue weighted by molar-refractivity contribution is 0.303. The Morgan fingerprint density at radius 3 is 2.83 bits per heavy atom. The first kappa shape index (κ1) is 15.7. The fraction of sp³-hybridized carbons (Fsp3) is 0.444. The third-order valence-electron chi connectivity index (χ3n) is 4.46. The molecular weight excluding hydrogens is 286 g/mol. The van der Waals surface area contributed by atoms with E-state index >= 15 is 0 Å². The summed E-state index contributed by atoms with van der Waals surface area (Å²) in [7, 11) is 0. The normalized spacial score (nSPS) is 11.7. The van der Waals surface area contributed by atoms with Crippen molar-refractivity contribution >= 4 is 27.6 Å². The van der Waals surface area contributed by atoms with Gasteiger partial charge in [0.25, 0.3) is 0 Å². The van der Waals surface area contributed by atoms with E-state index in [0.717, 1.165) is 65.8 Å². The van der Waals surface area contributed by atoms with Crippen molar-refractivity contribution in [3.63, 3.8) is 0 Å². The van der Waals surface area contributed by atoms with Gasteiger partial charge in [-0.25, -0.2) is 4.98 Å². The lowest BCUT2D eigenvalue weighted by Gasteiger charge is -2.18. The Hall–Kier alpha value is -2.14. The lowest BCUT2D eigenvalue weighted by Crippen LogP contribution is -2.25. The summed E-state index contributed by atoms with van der Waals surface area (Å²) in [5.41, 5.74) is 3.41. The summed E-state index contributed by atoms with van der Waals surface area (Å²) in [5, 5.41) is 5.79. The Kier molecular flexibility index (Phi) is 4.76. The van der Waals surface area contributed by atoms with Crippen LogP contribution in [0.3, 0.4) is 0 Å². The number of aryl methyl sites for hydroxylation is 1. The van der Waals surface area contributed by atoms with E-state index in [1.54, 1.807) is 0 Å². The molecule has 3 rings (SSSR count). The van der Waals surface area contributed by atoms with Crippen LogP contribution in [0, 0.1) is 6.92 Å². The van der Waals surface area contributed by atoms with E-state index in [1.807, 2.05) is 24.7 Å². The van der Waals surface area contributed by atoms with Crippen molar-refractivity contribution in [1.82, 2.24) is 19.9 Å². The minimum Gasteiger partial charge on any atom is -0.369 e. The van der Waals surface area contributed by atoms with Crippen molar-refractivity contribution in [2.75, 3.05) is 31.5 Å². The zero-order valence-electron chi connectivity index (χ0n) is 14.2. The molecular formula is C18H25N5. The molecule has 122 valence electrons. The molecule has 0 saturated carbocycles. The van der Waals surface area contributed by atoms with Crippen molar-refractivity contribution in [2.24, 2.45) is 0 Å². The molecule has 0 atom stereocenters. The summed E-state index contributed by atoms with van der Waals surface area (Å²) in [6, 6.07) is 2.01. The van der Waals surface area contributed by atoms with Crippen LogP contribution < -0.4 is 5.32 Å². The maximum absolute atomic E-state index is 4.61. The first-order valence-electron chi connectivity index (χ1n) is 8.41. The number of nitrogens with zero attached hydrogens (tertiary/aromatic N) is 3. The van der Waals surface area contributed by atoms with Crippen molar-refractivity contribution in [3.8, 4) is 0 Å². The fourth-order valence-corrected chi connectivity index (χ4v) is 3.05. The number of nitrogens with one attached hydrogen (secondary N) is 2. The second-order valence-corrected chi connectivity index (χ2v) is 5.89. The van der Waals surface area contributed by atoms with Crippen molar-refractivity contribution in [3.05, 3.63) is 30.2 Å². The third-order valence-corrected chi connectivity index (χ3v) is 4.46. The Labute approximate surface area is 137 Å². The van der Waals surface area contributed by atoms with Crippen LogP contribution in [0.25, 0.3) is 21.8 Å². The number of anilines is 1. The highest BCUT2D eigenvalue weighted by Crippen LogP contribution is 2.31. The summed E-state index contributed by atoms with van der Waals surface area (Å²) in [4.78, 5) is 14.8. The quantitative estimate of drug-likeness (QED) is 0.655. The van der Waals surface area contributed by atoms with Gasteiger partial charge in [-0.3, -0.25) is 4.98 Å². The fourth-order valence-electron chi connectivity index (χ4n) is 3.05. The summed E-state index contributed by atoms with van der Waals surface area (Å²) < 4.78 is 0. The van der Waals surface area contributed by atoms with Crippen LogP contribution in [0.2, 0.25) is 0 Å². The van der Waals surface area contributed by atoms with Crippen LogP contribution in [-0.2, 0) is 0 Å². The molecule has 0 spiro atoms. The topological polar surface area (TPSA) is 56.8 Å². The molecule has 3 aromatic heterocycles. The minimum absolute atomic E-state index is 0.925. The Morgan fingerprint density at radius 2 is 2.04 bits per heavy atom. The summed E-state index contributed by atoms with van der Waals surface area (Å²) in [5.74, 6) is 0.949. The van der Waals surface area contributed by atoms with E-state index in [0.29, 0.717) is 0 Å². The molecule has 3 aromatic rings. The number of hydrogen-bond acceptors (Lipinski definition) is 4. The Morgan fingerprint density at radius 1 is 1.22 bits per heavy atom. The van der Waals surface area contributed by atoms with Crippen LogP contribution in [0.15, 0.2) is 24.7 Å². The van der Waals surface area contributed by atoms with Crippen LogP contribution in [-0.4, -0.2) is 46.0 Å². The molecule has 0 aliphatic carbocycles. The van der Waals surface area contributed by atoms with Gasteiger partial charge < -0.3 is 15.2 Å². The Bertz CT molecular complexity index is 789. The third kappa shape index (κ3) is 3.15. The number of H-pyrrole nitrogens is 1. The number of fused-ring (bicyclic) bond motifs is 3. The Balaban J connectivity index is 1.82. The molecule has 0 aliphatic heterocycles. The summed E-state index contributed by atoms with van der Waals surface area (Å²) >= 11 is 0. The van der Waals surface area contributed by atoms with Gasteiger partial charge >= 0.3 is 0 Å². The molecule has 0 unspecified atom stereocenters. The average Bonchev–Trinajstić information content (AvgIpc) is 2.97. The van der Waals surface area contributed by atoms with Gasteiger partial charge in [-0.1, -0.05) is 13.8 Å². The van der Waals surface area contributed by atoms with Crippen molar-refractivity contribution in [2.45, 2.75) is 27.2 Å². The van der Waals surface area contributed by atoms with E-state index in [1.165, 1.54) is 0 Å². The van der Waals surface area contributed by atoms with Crippen molar-refractivity contribution < 1.29 is 0 Å². The van der Waals surface area contributed by atoms with Crippen LogP contribution in [0.5, 0.6) is 0 Å². The molecule has 5 heteroatoms. The molecule has 0 bridgehead atoms. The van der Waals surface area contributed by atoms with Gasteiger partial charge in [0.2, 0.25) is 0 Å². The molecule has 23 heavy (non-hydrogen) atoms. The van der Waals surface area contributed by atoms with E-state index in [-0.39, 0.29) is 0 Å². The first-order chi connectivity index (χ1) is 11.2. The van der Waals surface area contributed by atoms with Crippen LogP contribution >= 0.6 is 0 Å². The van der Waals surface area contributed by atoms with E-state index < -0.39 is 0 Å². The number of hydrogen-bond donors (Lipinski definition) is 2. The summed E-state index contributed by atoms with van der Waals surface area (Å²) in [6.45, 7) is 10.8. The summed E-state index contributed by atoms with van der Waals surface area (Å²) in [6.07, 6.45) is 6.77. The van der Waals surface area contributed by atoms with Crippen molar-refractivity contribution in [1.29, 1.82) is 0 Å². The second kappa shape index (κ2) is 6.96. The average molecular weight is 311 g/mol. The van der Waals surface area contributed by atoms with Crippen LogP contribution in [0.1, 0.15) is 25.8 Å². The maximum atomic E-state index is 4.61. The molecule has 2 N–H and O–H groups in total. The number of aromatic nitrogens is 3. The highest BCUT2D eigenvalue weighted by Gasteiger charge is 2.12. The highest BCUT2D eigenvalue weighted by atomic mass is 15.1. The smallest absolute Gasteiger partial charge is 0.136 e. The van der Waals surface area contributed by atoms with Gasteiger partial charge in [-0.05, 0) is 44.6 Å². The van der Waals surface area contributed by atoms with Crippen LogP contribution in [0.4, 0.5) is 5.82 Å². The number of aromatic amines is 1. The lowest BCUT2D eigenvalue weighted by atomic mass is 10.1. The maximum Gasteiger partial charge on any atom is 0.136 e. The van der Waals surface area contributed by atoms with Gasteiger partial charge in [0.1, 0.15) is 5.82 Å². The molecule has 5 nitrogen and oxygen atoms in total. The van der Waals surface area contributed by atoms with E-state index in [4.69, 9.17) is 0 Å². The molecule has 3 heterocycles. The second-order valence-electron chi connectivity index (χ2n) is 5.89. The van der Waals surface area contributed by atoms with Gasteiger partial charge in [0.05, 0.1) is 10.9 Å². The molecule has 0 fully saturated rings. The predicted molar refractivity (Wildman–Crippen MR) is 97.0 cm³/mol. The molecule has 0 amide bonds. The van der Waals surface area contributed by atoms with Gasteiger partial charge in [0, 0.05) is 36.0 Å². The van der Waals surface area contributed by atoms with Gasteiger partial charge in [-0.15, -0.1) is 0 Å². The number of pyridine rings is 2. The molecule has 0 aliphatic rings. The molecule has 0 saturated heterocycles. The van der Waals surface area contributed by atoms with Gasteiger partial charge in [-0.2, -0.15) is 0 Å². The molecule has 0 aromatic carbocycles. The number of rotatable bonds is 7. The van der Waals surface area contributed by atoms with E-state index in [9.17, 15) is 0 Å². The predicted octanol–water partition coefficient (Wildman–Crippen LogP) is 3.56. The standard InChI is InChI=1S/C18H25N5/c1-4-23(5-2)10-6-8-20-18-16-14-12-19-9-7-15(14)22-17(16)13(3)11-21-18/h7,9,11-12,22H,4-6,8,10H2,1-3H3,(H,20,21). The zero-order valence-corrected chi connectivity index (χ0v) is 14.2. The zero-order chi connectivity index (χ0) is 16.2. The van der Waals surface area contributed by atoms with Gasteiger partial charge in [0.15, 0.2) is 0 Å². The largest absolute Gasteiger partial charge is 0.369 e.